The van der Waals surface area contributed by atoms with Gasteiger partial charge in [-0.3, -0.25) is 4.68 Å². The molecule has 1 N–H and O–H groups in total. The van der Waals surface area contributed by atoms with E-state index in [2.05, 4.69) is 23.5 Å². The van der Waals surface area contributed by atoms with Gasteiger partial charge in [0.2, 0.25) is 0 Å². The van der Waals surface area contributed by atoms with E-state index in [1.165, 1.54) is 5.56 Å². The highest BCUT2D eigenvalue weighted by Crippen LogP contribution is 2.33. The summed E-state index contributed by atoms with van der Waals surface area (Å²) in [6, 6.07) is 3.90. The molecule has 2 aromatic heterocycles. The summed E-state index contributed by atoms with van der Waals surface area (Å²) < 4.78 is 13.1. The van der Waals surface area contributed by atoms with E-state index >= 15 is 0 Å². The zero-order valence-corrected chi connectivity index (χ0v) is 11.8. The maximum atomic E-state index is 5.88. The Morgan fingerprint density at radius 3 is 3.20 bits per heavy atom. The quantitative estimate of drug-likeness (QED) is 0.879. The highest BCUT2D eigenvalue weighted by molar-refractivity contribution is 5.11. The van der Waals surface area contributed by atoms with Gasteiger partial charge in [0.25, 0.3) is 0 Å². The fourth-order valence-electron chi connectivity index (χ4n) is 2.70. The standard InChI is InChI=1S/C15H21N3O2/c1-2-18-11-13(9-17-18)15-12(5-7-20-15)8-16-10-14-4-3-6-19-14/h3-4,6,9,11-12,15-16H,2,5,7-8,10H2,1H3/t12-,15-/m1/s1. The molecule has 2 atom stereocenters. The molecule has 1 aliphatic rings. The van der Waals surface area contributed by atoms with Gasteiger partial charge in [-0.2, -0.15) is 5.10 Å². The number of hydrogen-bond acceptors (Lipinski definition) is 4. The Balaban J connectivity index is 1.55. The summed E-state index contributed by atoms with van der Waals surface area (Å²) in [5.74, 6) is 1.47. The molecule has 0 bridgehead atoms. The lowest BCUT2D eigenvalue weighted by atomic mass is 9.97. The molecular formula is C15H21N3O2. The average molecular weight is 275 g/mol. The molecule has 5 nitrogen and oxygen atoms in total. The lowest BCUT2D eigenvalue weighted by Gasteiger charge is -2.17. The van der Waals surface area contributed by atoms with Crippen LogP contribution in [0.15, 0.2) is 35.2 Å². The van der Waals surface area contributed by atoms with E-state index in [0.717, 1.165) is 38.4 Å². The fourth-order valence-corrected chi connectivity index (χ4v) is 2.70. The Morgan fingerprint density at radius 1 is 1.50 bits per heavy atom. The van der Waals surface area contributed by atoms with Crippen LogP contribution in [0.25, 0.3) is 0 Å². The molecule has 1 aliphatic heterocycles. The van der Waals surface area contributed by atoms with Gasteiger partial charge < -0.3 is 14.5 Å². The van der Waals surface area contributed by atoms with Crippen molar-refractivity contribution in [2.45, 2.75) is 32.5 Å². The zero-order valence-electron chi connectivity index (χ0n) is 11.8. The van der Waals surface area contributed by atoms with Crippen LogP contribution in [0.1, 0.15) is 30.8 Å². The van der Waals surface area contributed by atoms with Gasteiger partial charge in [-0.15, -0.1) is 0 Å². The third-order valence-electron chi connectivity index (χ3n) is 3.81. The van der Waals surface area contributed by atoms with Crippen molar-refractivity contribution in [3.05, 3.63) is 42.1 Å². The monoisotopic (exact) mass is 275 g/mol. The molecule has 0 unspecified atom stereocenters. The second-order valence-corrected chi connectivity index (χ2v) is 5.18. The number of nitrogens with zero attached hydrogens (tertiary/aromatic N) is 2. The Bertz CT molecular complexity index is 521. The maximum absolute atomic E-state index is 5.88. The lowest BCUT2D eigenvalue weighted by molar-refractivity contribution is 0.0902. The zero-order chi connectivity index (χ0) is 13.8. The van der Waals surface area contributed by atoms with Crippen molar-refractivity contribution >= 4 is 0 Å². The van der Waals surface area contributed by atoms with Crippen molar-refractivity contribution in [3.63, 3.8) is 0 Å². The van der Waals surface area contributed by atoms with Gasteiger partial charge >= 0.3 is 0 Å². The van der Waals surface area contributed by atoms with Crippen molar-refractivity contribution in [1.29, 1.82) is 0 Å². The number of ether oxygens (including phenoxy) is 1. The van der Waals surface area contributed by atoms with Crippen molar-refractivity contribution < 1.29 is 9.15 Å². The predicted molar refractivity (Wildman–Crippen MR) is 75.1 cm³/mol. The normalized spacial score (nSPS) is 22.4. The van der Waals surface area contributed by atoms with Gasteiger partial charge in [0.15, 0.2) is 0 Å². The summed E-state index contributed by atoms with van der Waals surface area (Å²) in [7, 11) is 0. The highest BCUT2D eigenvalue weighted by Gasteiger charge is 2.30. The summed E-state index contributed by atoms with van der Waals surface area (Å²) in [5, 5.41) is 7.79. The number of nitrogens with one attached hydrogen (secondary N) is 1. The first-order valence-corrected chi connectivity index (χ1v) is 7.24. The molecule has 0 saturated carbocycles. The first kappa shape index (κ1) is 13.4. The molecule has 0 aliphatic carbocycles. The molecule has 1 fully saturated rings. The van der Waals surface area contributed by atoms with Crippen LogP contribution >= 0.6 is 0 Å². The van der Waals surface area contributed by atoms with Crippen LogP contribution in [0.5, 0.6) is 0 Å². The smallest absolute Gasteiger partial charge is 0.117 e. The Morgan fingerprint density at radius 2 is 2.45 bits per heavy atom. The van der Waals surface area contributed by atoms with Crippen molar-refractivity contribution in [2.75, 3.05) is 13.2 Å². The second kappa shape index (κ2) is 6.24. The van der Waals surface area contributed by atoms with Crippen LogP contribution in [-0.2, 0) is 17.8 Å². The number of hydrogen-bond donors (Lipinski definition) is 1. The second-order valence-electron chi connectivity index (χ2n) is 5.18. The minimum absolute atomic E-state index is 0.166. The van der Waals surface area contributed by atoms with E-state index in [4.69, 9.17) is 9.15 Å². The Labute approximate surface area is 118 Å². The molecule has 2 aromatic rings. The topological polar surface area (TPSA) is 52.2 Å². The lowest BCUT2D eigenvalue weighted by Crippen LogP contribution is -2.24. The van der Waals surface area contributed by atoms with Gasteiger partial charge in [0, 0.05) is 37.4 Å². The number of furan rings is 1. The van der Waals surface area contributed by atoms with Crippen LogP contribution in [0.2, 0.25) is 0 Å². The van der Waals surface area contributed by atoms with Gasteiger partial charge in [0.1, 0.15) is 5.76 Å². The summed E-state index contributed by atoms with van der Waals surface area (Å²) >= 11 is 0. The van der Waals surface area contributed by atoms with E-state index in [0.29, 0.717) is 5.92 Å². The van der Waals surface area contributed by atoms with Crippen LogP contribution in [0.3, 0.4) is 0 Å². The molecule has 0 aromatic carbocycles. The third-order valence-corrected chi connectivity index (χ3v) is 3.81. The highest BCUT2D eigenvalue weighted by atomic mass is 16.5. The van der Waals surface area contributed by atoms with E-state index in [1.54, 1.807) is 6.26 Å². The molecule has 5 heteroatoms. The van der Waals surface area contributed by atoms with Crippen LogP contribution in [-0.4, -0.2) is 22.9 Å². The molecule has 20 heavy (non-hydrogen) atoms. The summed E-state index contributed by atoms with van der Waals surface area (Å²) in [4.78, 5) is 0. The molecule has 1 saturated heterocycles. The molecule has 3 heterocycles. The molecular weight excluding hydrogens is 254 g/mol. The largest absolute Gasteiger partial charge is 0.468 e. The molecule has 0 radical (unpaired) electrons. The third kappa shape index (κ3) is 2.94. The summed E-state index contributed by atoms with van der Waals surface area (Å²) in [5.41, 5.74) is 1.19. The maximum Gasteiger partial charge on any atom is 0.117 e. The number of aromatic nitrogens is 2. The van der Waals surface area contributed by atoms with Crippen molar-refractivity contribution in [2.24, 2.45) is 5.92 Å². The van der Waals surface area contributed by atoms with Crippen molar-refractivity contribution in [1.82, 2.24) is 15.1 Å². The van der Waals surface area contributed by atoms with Gasteiger partial charge in [-0.1, -0.05) is 0 Å². The van der Waals surface area contributed by atoms with Crippen LogP contribution in [0, 0.1) is 5.92 Å². The van der Waals surface area contributed by atoms with Crippen LogP contribution < -0.4 is 5.32 Å². The Hall–Kier alpha value is -1.59. The van der Waals surface area contributed by atoms with E-state index in [9.17, 15) is 0 Å². The van der Waals surface area contributed by atoms with Gasteiger partial charge in [-0.05, 0) is 25.5 Å². The summed E-state index contributed by atoms with van der Waals surface area (Å²) in [6.07, 6.45) is 6.98. The first-order chi connectivity index (χ1) is 9.86. The molecule has 108 valence electrons. The van der Waals surface area contributed by atoms with Gasteiger partial charge in [-0.25, -0.2) is 0 Å². The number of rotatable bonds is 6. The van der Waals surface area contributed by atoms with E-state index in [1.807, 2.05) is 23.0 Å². The predicted octanol–water partition coefficient (Wildman–Crippen LogP) is 2.36. The Kier molecular flexibility index (Phi) is 4.18. The van der Waals surface area contributed by atoms with Crippen LogP contribution in [0.4, 0.5) is 0 Å². The average Bonchev–Trinajstić information content (AvgIpc) is 3.20. The molecule has 0 amide bonds. The SMILES string of the molecule is CCn1cc([C@@H]2OCC[C@@H]2CNCc2ccco2)cn1. The minimum atomic E-state index is 0.166. The van der Waals surface area contributed by atoms with Gasteiger partial charge in [0.05, 0.1) is 25.1 Å². The first-order valence-electron chi connectivity index (χ1n) is 7.24. The van der Waals surface area contributed by atoms with E-state index in [-0.39, 0.29) is 6.10 Å². The van der Waals surface area contributed by atoms with E-state index < -0.39 is 0 Å². The minimum Gasteiger partial charge on any atom is -0.468 e. The summed E-state index contributed by atoms with van der Waals surface area (Å²) in [6.45, 7) is 5.52. The van der Waals surface area contributed by atoms with Crippen molar-refractivity contribution in [3.8, 4) is 0 Å². The molecule has 3 rings (SSSR count). The number of aryl methyl sites for hydroxylation is 1. The fraction of sp³-hybridized carbons (Fsp3) is 0.533. The molecule has 0 spiro atoms.